The standard InChI is InChI=1S/C13H20ClN/c1-3-15(4-2)13-9-7-12(8-10-13)6-5-11-14/h7-10H,3-6,11H2,1-2H3. The van der Waals surface area contributed by atoms with Gasteiger partial charge in [0.15, 0.2) is 0 Å². The van der Waals surface area contributed by atoms with Gasteiger partial charge in [-0.25, -0.2) is 0 Å². The second kappa shape index (κ2) is 6.73. The van der Waals surface area contributed by atoms with Crippen molar-refractivity contribution >= 4 is 17.3 Å². The molecule has 1 nitrogen and oxygen atoms in total. The average Bonchev–Trinajstić information content (AvgIpc) is 2.29. The van der Waals surface area contributed by atoms with E-state index in [2.05, 4.69) is 43.0 Å². The molecular weight excluding hydrogens is 206 g/mol. The topological polar surface area (TPSA) is 3.24 Å². The number of hydrogen-bond donors (Lipinski definition) is 0. The van der Waals surface area contributed by atoms with Gasteiger partial charge in [0.25, 0.3) is 0 Å². The highest BCUT2D eigenvalue weighted by atomic mass is 35.5. The van der Waals surface area contributed by atoms with Crippen LogP contribution in [0.15, 0.2) is 24.3 Å². The Morgan fingerprint density at radius 2 is 1.67 bits per heavy atom. The number of hydrogen-bond acceptors (Lipinski definition) is 1. The maximum atomic E-state index is 5.67. The zero-order valence-corrected chi connectivity index (χ0v) is 10.4. The molecule has 1 rings (SSSR count). The van der Waals surface area contributed by atoms with Crippen molar-refractivity contribution in [3.8, 4) is 0 Å². The zero-order chi connectivity index (χ0) is 11.1. The molecule has 15 heavy (non-hydrogen) atoms. The lowest BCUT2D eigenvalue weighted by Crippen LogP contribution is -2.21. The van der Waals surface area contributed by atoms with Gasteiger partial charge in [-0.2, -0.15) is 0 Å². The van der Waals surface area contributed by atoms with Crippen molar-refractivity contribution < 1.29 is 0 Å². The van der Waals surface area contributed by atoms with Crippen LogP contribution in [-0.2, 0) is 6.42 Å². The van der Waals surface area contributed by atoms with Crippen LogP contribution in [0.3, 0.4) is 0 Å². The van der Waals surface area contributed by atoms with Crippen molar-refractivity contribution in [2.24, 2.45) is 0 Å². The molecule has 0 aliphatic heterocycles. The largest absolute Gasteiger partial charge is 0.372 e. The monoisotopic (exact) mass is 225 g/mol. The van der Waals surface area contributed by atoms with E-state index in [1.807, 2.05) is 0 Å². The minimum atomic E-state index is 0.748. The highest BCUT2D eigenvalue weighted by Gasteiger charge is 2.00. The minimum absolute atomic E-state index is 0.748. The van der Waals surface area contributed by atoms with Crippen molar-refractivity contribution in [1.82, 2.24) is 0 Å². The van der Waals surface area contributed by atoms with Crippen LogP contribution in [0, 0.1) is 0 Å². The fourth-order valence-electron chi connectivity index (χ4n) is 1.73. The van der Waals surface area contributed by atoms with Gasteiger partial charge in [-0.1, -0.05) is 12.1 Å². The fourth-order valence-corrected chi connectivity index (χ4v) is 1.87. The highest BCUT2D eigenvalue weighted by Crippen LogP contribution is 2.15. The number of anilines is 1. The molecule has 0 heterocycles. The van der Waals surface area contributed by atoms with E-state index in [4.69, 9.17) is 11.6 Å². The fraction of sp³-hybridized carbons (Fsp3) is 0.538. The van der Waals surface area contributed by atoms with Gasteiger partial charge in [0.05, 0.1) is 0 Å². The molecule has 0 radical (unpaired) electrons. The molecule has 0 saturated carbocycles. The molecule has 0 saturated heterocycles. The Bertz CT molecular complexity index is 264. The van der Waals surface area contributed by atoms with Crippen LogP contribution in [0.2, 0.25) is 0 Å². The predicted molar refractivity (Wildman–Crippen MR) is 69.0 cm³/mol. The Morgan fingerprint density at radius 1 is 1.07 bits per heavy atom. The van der Waals surface area contributed by atoms with E-state index < -0.39 is 0 Å². The van der Waals surface area contributed by atoms with Crippen molar-refractivity contribution in [3.05, 3.63) is 29.8 Å². The number of benzene rings is 1. The Labute approximate surface area is 98.0 Å². The third kappa shape index (κ3) is 3.75. The number of aryl methyl sites for hydroxylation is 1. The van der Waals surface area contributed by atoms with Crippen LogP contribution in [-0.4, -0.2) is 19.0 Å². The zero-order valence-electron chi connectivity index (χ0n) is 9.67. The Kier molecular flexibility index (Phi) is 5.56. The van der Waals surface area contributed by atoms with Gasteiger partial charge in [0.1, 0.15) is 0 Å². The van der Waals surface area contributed by atoms with E-state index in [1.54, 1.807) is 0 Å². The molecule has 0 aromatic heterocycles. The summed E-state index contributed by atoms with van der Waals surface area (Å²) >= 11 is 5.67. The molecule has 0 aliphatic rings. The Balaban J connectivity index is 2.62. The number of alkyl halides is 1. The third-order valence-corrected chi connectivity index (χ3v) is 2.93. The van der Waals surface area contributed by atoms with Gasteiger partial charge in [-0.3, -0.25) is 0 Å². The van der Waals surface area contributed by atoms with E-state index >= 15 is 0 Å². The lowest BCUT2D eigenvalue weighted by atomic mass is 10.1. The second-order valence-corrected chi connectivity index (χ2v) is 4.01. The van der Waals surface area contributed by atoms with Crippen LogP contribution in [0.25, 0.3) is 0 Å². The summed E-state index contributed by atoms with van der Waals surface area (Å²) in [5.41, 5.74) is 2.70. The molecule has 1 aromatic carbocycles. The van der Waals surface area contributed by atoms with E-state index in [-0.39, 0.29) is 0 Å². The van der Waals surface area contributed by atoms with Gasteiger partial charge >= 0.3 is 0 Å². The quantitative estimate of drug-likeness (QED) is 0.668. The lowest BCUT2D eigenvalue weighted by Gasteiger charge is -2.21. The number of rotatable bonds is 6. The third-order valence-electron chi connectivity index (χ3n) is 2.66. The van der Waals surface area contributed by atoms with Crippen molar-refractivity contribution in [2.75, 3.05) is 23.9 Å². The second-order valence-electron chi connectivity index (χ2n) is 3.63. The van der Waals surface area contributed by atoms with Crippen molar-refractivity contribution in [2.45, 2.75) is 26.7 Å². The summed E-state index contributed by atoms with van der Waals surface area (Å²) in [6, 6.07) is 8.83. The summed E-state index contributed by atoms with van der Waals surface area (Å²) in [4.78, 5) is 2.35. The first-order valence-corrected chi connectivity index (χ1v) is 6.25. The Morgan fingerprint density at radius 3 is 2.13 bits per heavy atom. The Hall–Kier alpha value is -0.690. The smallest absolute Gasteiger partial charge is 0.0366 e. The van der Waals surface area contributed by atoms with E-state index in [0.717, 1.165) is 31.8 Å². The summed E-state index contributed by atoms with van der Waals surface area (Å²) in [5.74, 6) is 0.748. The molecule has 0 unspecified atom stereocenters. The van der Waals surface area contributed by atoms with Gasteiger partial charge in [-0.05, 0) is 44.4 Å². The van der Waals surface area contributed by atoms with Crippen molar-refractivity contribution in [1.29, 1.82) is 0 Å². The van der Waals surface area contributed by atoms with Crippen LogP contribution >= 0.6 is 11.6 Å². The maximum absolute atomic E-state index is 5.67. The summed E-state index contributed by atoms with van der Waals surface area (Å²) in [5, 5.41) is 0. The van der Waals surface area contributed by atoms with Crippen LogP contribution in [0.4, 0.5) is 5.69 Å². The SMILES string of the molecule is CCN(CC)c1ccc(CCCCl)cc1. The molecule has 0 atom stereocenters. The molecule has 0 aliphatic carbocycles. The lowest BCUT2D eigenvalue weighted by molar-refractivity contribution is 0.864. The number of nitrogens with zero attached hydrogens (tertiary/aromatic N) is 1. The molecule has 0 spiro atoms. The molecule has 1 aromatic rings. The molecule has 0 N–H and O–H groups in total. The van der Waals surface area contributed by atoms with Crippen molar-refractivity contribution in [3.63, 3.8) is 0 Å². The molecule has 84 valence electrons. The van der Waals surface area contributed by atoms with Crippen LogP contribution in [0.1, 0.15) is 25.8 Å². The van der Waals surface area contributed by atoms with Crippen LogP contribution < -0.4 is 4.90 Å². The number of halogens is 1. The van der Waals surface area contributed by atoms with Gasteiger partial charge in [0.2, 0.25) is 0 Å². The predicted octanol–water partition coefficient (Wildman–Crippen LogP) is 3.70. The van der Waals surface area contributed by atoms with E-state index in [9.17, 15) is 0 Å². The first-order valence-electron chi connectivity index (χ1n) is 5.71. The summed E-state index contributed by atoms with van der Waals surface area (Å²) < 4.78 is 0. The van der Waals surface area contributed by atoms with Gasteiger partial charge in [-0.15, -0.1) is 11.6 Å². The summed E-state index contributed by atoms with van der Waals surface area (Å²) in [7, 11) is 0. The molecule has 0 bridgehead atoms. The van der Waals surface area contributed by atoms with Crippen LogP contribution in [0.5, 0.6) is 0 Å². The van der Waals surface area contributed by atoms with E-state index in [1.165, 1.54) is 11.3 Å². The first-order chi connectivity index (χ1) is 7.31. The molecule has 0 amide bonds. The molecule has 0 fully saturated rings. The van der Waals surface area contributed by atoms with Gasteiger partial charge in [0, 0.05) is 24.7 Å². The molecular formula is C13H20ClN. The summed E-state index contributed by atoms with van der Waals surface area (Å²) in [6.07, 6.45) is 2.15. The van der Waals surface area contributed by atoms with E-state index in [0.29, 0.717) is 0 Å². The average molecular weight is 226 g/mol. The van der Waals surface area contributed by atoms with Gasteiger partial charge < -0.3 is 4.90 Å². The summed E-state index contributed by atoms with van der Waals surface area (Å²) in [6.45, 7) is 6.50. The maximum Gasteiger partial charge on any atom is 0.0366 e. The molecule has 2 heteroatoms. The first kappa shape index (κ1) is 12.4. The minimum Gasteiger partial charge on any atom is -0.372 e. The normalized spacial score (nSPS) is 10.3. The highest BCUT2D eigenvalue weighted by molar-refractivity contribution is 6.17.